The SMILES string of the molecule is CCCn1cc(N)cc1C(=O)N(CCO)C1CCCCC1. The molecule has 1 fully saturated rings. The number of hydrogen-bond donors (Lipinski definition) is 2. The molecule has 0 spiro atoms. The number of carbonyl (C=O) groups excluding carboxylic acids is 1. The molecule has 0 bridgehead atoms. The molecule has 0 aliphatic heterocycles. The molecular weight excluding hydrogens is 266 g/mol. The molecule has 3 N–H and O–H groups in total. The molecule has 1 amide bonds. The van der Waals surface area contributed by atoms with Crippen molar-refractivity contribution in [2.24, 2.45) is 0 Å². The van der Waals surface area contributed by atoms with Crippen molar-refractivity contribution in [3.8, 4) is 0 Å². The summed E-state index contributed by atoms with van der Waals surface area (Å²) in [4.78, 5) is 14.7. The minimum absolute atomic E-state index is 0.00102. The van der Waals surface area contributed by atoms with Crippen LogP contribution in [0.2, 0.25) is 0 Å². The number of amides is 1. The Morgan fingerprint density at radius 2 is 2.14 bits per heavy atom. The minimum Gasteiger partial charge on any atom is -0.397 e. The molecule has 1 saturated carbocycles. The molecule has 118 valence electrons. The summed E-state index contributed by atoms with van der Waals surface area (Å²) >= 11 is 0. The summed E-state index contributed by atoms with van der Waals surface area (Å²) in [6, 6.07) is 2.01. The first-order valence-electron chi connectivity index (χ1n) is 8.04. The van der Waals surface area contributed by atoms with E-state index < -0.39 is 0 Å². The Bertz CT molecular complexity index is 464. The average molecular weight is 293 g/mol. The first-order chi connectivity index (χ1) is 10.2. The van der Waals surface area contributed by atoms with E-state index in [0.717, 1.165) is 38.6 Å². The van der Waals surface area contributed by atoms with Gasteiger partial charge in [-0.2, -0.15) is 0 Å². The summed E-state index contributed by atoms with van der Waals surface area (Å²) in [6.45, 7) is 3.28. The zero-order chi connectivity index (χ0) is 15.2. The summed E-state index contributed by atoms with van der Waals surface area (Å²) < 4.78 is 1.94. The molecule has 1 aliphatic rings. The van der Waals surface area contributed by atoms with Crippen molar-refractivity contribution < 1.29 is 9.90 Å². The Morgan fingerprint density at radius 3 is 2.76 bits per heavy atom. The van der Waals surface area contributed by atoms with Gasteiger partial charge in [0.2, 0.25) is 0 Å². The van der Waals surface area contributed by atoms with Crippen LogP contribution in [0, 0.1) is 0 Å². The predicted octanol–water partition coefficient (Wildman–Crippen LogP) is 2.25. The maximum Gasteiger partial charge on any atom is 0.270 e. The van der Waals surface area contributed by atoms with Gasteiger partial charge in [0.05, 0.1) is 12.3 Å². The molecule has 1 aromatic heterocycles. The number of nitrogens with two attached hydrogens (primary N) is 1. The second kappa shape index (κ2) is 7.50. The van der Waals surface area contributed by atoms with Crippen LogP contribution in [0.25, 0.3) is 0 Å². The molecule has 0 aromatic carbocycles. The van der Waals surface area contributed by atoms with Crippen molar-refractivity contribution in [1.29, 1.82) is 0 Å². The van der Waals surface area contributed by atoms with Gasteiger partial charge >= 0.3 is 0 Å². The van der Waals surface area contributed by atoms with Gasteiger partial charge in [0.15, 0.2) is 0 Å². The summed E-state index contributed by atoms with van der Waals surface area (Å²) in [5.41, 5.74) is 7.13. The number of nitrogen functional groups attached to an aromatic ring is 1. The third-order valence-electron chi connectivity index (χ3n) is 4.22. The molecular formula is C16H27N3O2. The monoisotopic (exact) mass is 293 g/mol. The van der Waals surface area contributed by atoms with Crippen LogP contribution in [0.4, 0.5) is 5.69 Å². The number of aliphatic hydroxyl groups is 1. The summed E-state index contributed by atoms with van der Waals surface area (Å²) in [5.74, 6) is 0.00102. The van der Waals surface area contributed by atoms with E-state index in [1.807, 2.05) is 15.7 Å². The van der Waals surface area contributed by atoms with Gasteiger partial charge in [0.25, 0.3) is 5.91 Å². The zero-order valence-corrected chi connectivity index (χ0v) is 12.9. The van der Waals surface area contributed by atoms with Crippen molar-refractivity contribution in [2.75, 3.05) is 18.9 Å². The Hall–Kier alpha value is -1.49. The summed E-state index contributed by atoms with van der Waals surface area (Å²) in [5, 5.41) is 9.32. The van der Waals surface area contributed by atoms with E-state index in [9.17, 15) is 9.90 Å². The van der Waals surface area contributed by atoms with E-state index in [4.69, 9.17) is 5.73 Å². The van der Waals surface area contributed by atoms with Gasteiger partial charge in [-0.1, -0.05) is 26.2 Å². The normalized spacial score (nSPS) is 16.1. The summed E-state index contributed by atoms with van der Waals surface area (Å²) in [6.07, 6.45) is 8.44. The van der Waals surface area contributed by atoms with E-state index in [-0.39, 0.29) is 18.6 Å². The van der Waals surface area contributed by atoms with Crippen molar-refractivity contribution in [3.63, 3.8) is 0 Å². The molecule has 5 heteroatoms. The van der Waals surface area contributed by atoms with Gasteiger partial charge in [-0.15, -0.1) is 0 Å². The fraction of sp³-hybridized carbons (Fsp3) is 0.688. The second-order valence-electron chi connectivity index (χ2n) is 5.87. The number of anilines is 1. The van der Waals surface area contributed by atoms with E-state index in [2.05, 4.69) is 6.92 Å². The lowest BCUT2D eigenvalue weighted by molar-refractivity contribution is 0.0574. The van der Waals surface area contributed by atoms with Gasteiger partial charge in [-0.25, -0.2) is 0 Å². The number of rotatable bonds is 6. The largest absolute Gasteiger partial charge is 0.397 e. The van der Waals surface area contributed by atoms with Crippen LogP contribution < -0.4 is 5.73 Å². The maximum absolute atomic E-state index is 12.9. The highest BCUT2D eigenvalue weighted by Gasteiger charge is 2.27. The molecule has 0 radical (unpaired) electrons. The van der Waals surface area contributed by atoms with Gasteiger partial charge in [0, 0.05) is 25.3 Å². The number of carbonyl (C=O) groups is 1. The molecule has 0 atom stereocenters. The fourth-order valence-electron chi connectivity index (χ4n) is 3.24. The average Bonchev–Trinajstić information content (AvgIpc) is 2.86. The molecule has 0 unspecified atom stereocenters. The van der Waals surface area contributed by atoms with Gasteiger partial charge in [-0.05, 0) is 25.3 Å². The standard InChI is InChI=1S/C16H27N3O2/c1-2-8-18-12-13(17)11-15(18)16(21)19(9-10-20)14-6-4-3-5-7-14/h11-12,14,20H,2-10,17H2,1H3. The number of aromatic nitrogens is 1. The Morgan fingerprint density at radius 1 is 1.43 bits per heavy atom. The van der Waals surface area contributed by atoms with Crippen molar-refractivity contribution in [1.82, 2.24) is 9.47 Å². The van der Waals surface area contributed by atoms with Crippen LogP contribution in [-0.4, -0.2) is 39.7 Å². The van der Waals surface area contributed by atoms with Crippen LogP contribution in [-0.2, 0) is 6.54 Å². The van der Waals surface area contributed by atoms with Crippen LogP contribution in [0.3, 0.4) is 0 Å². The number of aliphatic hydroxyl groups excluding tert-OH is 1. The first-order valence-corrected chi connectivity index (χ1v) is 8.04. The molecule has 0 saturated heterocycles. The van der Waals surface area contributed by atoms with Crippen molar-refractivity contribution >= 4 is 11.6 Å². The second-order valence-corrected chi connectivity index (χ2v) is 5.87. The van der Waals surface area contributed by atoms with Crippen LogP contribution in [0.1, 0.15) is 55.9 Å². The topological polar surface area (TPSA) is 71.5 Å². The zero-order valence-electron chi connectivity index (χ0n) is 12.9. The number of nitrogens with zero attached hydrogens (tertiary/aromatic N) is 2. The lowest BCUT2D eigenvalue weighted by Crippen LogP contribution is -2.43. The molecule has 5 nitrogen and oxygen atoms in total. The van der Waals surface area contributed by atoms with Crippen LogP contribution in [0.5, 0.6) is 0 Å². The minimum atomic E-state index is 0.00102. The van der Waals surface area contributed by atoms with E-state index >= 15 is 0 Å². The van der Waals surface area contributed by atoms with Gasteiger partial charge in [0.1, 0.15) is 5.69 Å². The highest BCUT2D eigenvalue weighted by atomic mass is 16.3. The quantitative estimate of drug-likeness (QED) is 0.845. The summed E-state index contributed by atoms with van der Waals surface area (Å²) in [7, 11) is 0. The van der Waals surface area contributed by atoms with Crippen LogP contribution in [0.15, 0.2) is 12.3 Å². The van der Waals surface area contributed by atoms with Gasteiger partial charge in [-0.3, -0.25) is 4.79 Å². The van der Waals surface area contributed by atoms with E-state index in [1.54, 1.807) is 6.07 Å². The number of hydrogen-bond acceptors (Lipinski definition) is 3. The van der Waals surface area contributed by atoms with E-state index in [0.29, 0.717) is 17.9 Å². The fourth-order valence-corrected chi connectivity index (χ4v) is 3.24. The predicted molar refractivity (Wildman–Crippen MR) is 84.1 cm³/mol. The van der Waals surface area contributed by atoms with E-state index in [1.165, 1.54) is 6.42 Å². The third-order valence-corrected chi connectivity index (χ3v) is 4.22. The molecule has 21 heavy (non-hydrogen) atoms. The highest BCUT2D eigenvalue weighted by molar-refractivity contribution is 5.94. The molecule has 1 aromatic rings. The molecule has 1 aliphatic carbocycles. The Labute approximate surface area is 126 Å². The maximum atomic E-state index is 12.9. The first kappa shape index (κ1) is 15.9. The lowest BCUT2D eigenvalue weighted by atomic mass is 9.94. The molecule has 1 heterocycles. The smallest absolute Gasteiger partial charge is 0.270 e. The van der Waals surface area contributed by atoms with Crippen molar-refractivity contribution in [3.05, 3.63) is 18.0 Å². The van der Waals surface area contributed by atoms with Crippen molar-refractivity contribution in [2.45, 2.75) is 58.0 Å². The third kappa shape index (κ3) is 3.79. The van der Waals surface area contributed by atoms with Crippen LogP contribution >= 0.6 is 0 Å². The lowest BCUT2D eigenvalue weighted by Gasteiger charge is -2.34. The number of aryl methyl sites for hydroxylation is 1. The highest BCUT2D eigenvalue weighted by Crippen LogP contribution is 2.24. The molecule has 2 rings (SSSR count). The Kier molecular flexibility index (Phi) is 5.67. The van der Waals surface area contributed by atoms with Gasteiger partial charge < -0.3 is 20.3 Å². The Balaban J connectivity index is 2.20.